The Morgan fingerprint density at radius 3 is 2.58 bits per heavy atom. The Balaban J connectivity index is 2.83. The first-order valence-corrected chi connectivity index (χ1v) is 6.57. The highest BCUT2D eigenvalue weighted by Crippen LogP contribution is 2.11. The number of aromatic nitrogens is 2. The zero-order chi connectivity index (χ0) is 14.4. The van der Waals surface area contributed by atoms with E-state index in [-0.39, 0.29) is 6.04 Å². The summed E-state index contributed by atoms with van der Waals surface area (Å²) < 4.78 is 0. The van der Waals surface area contributed by atoms with E-state index in [1.165, 1.54) is 0 Å². The van der Waals surface area contributed by atoms with Gasteiger partial charge in [0.1, 0.15) is 11.8 Å². The van der Waals surface area contributed by atoms with Gasteiger partial charge in [0.25, 0.3) is 0 Å². The first-order chi connectivity index (χ1) is 8.90. The summed E-state index contributed by atoms with van der Waals surface area (Å²) in [6, 6.07) is 4.03. The van der Waals surface area contributed by atoms with Gasteiger partial charge in [0.2, 0.25) is 5.95 Å². The van der Waals surface area contributed by atoms with Crippen molar-refractivity contribution in [3.63, 3.8) is 0 Å². The molecule has 0 amide bonds. The largest absolute Gasteiger partial charge is 0.350 e. The zero-order valence-electron chi connectivity index (χ0n) is 12.4. The molecule has 104 valence electrons. The van der Waals surface area contributed by atoms with Gasteiger partial charge in [-0.05, 0) is 39.4 Å². The molecule has 1 unspecified atom stereocenters. The third-order valence-electron chi connectivity index (χ3n) is 2.64. The molecule has 1 N–H and O–H groups in total. The molecule has 0 spiro atoms. The Morgan fingerprint density at radius 1 is 1.37 bits per heavy atom. The molecular weight excluding hydrogens is 238 g/mol. The van der Waals surface area contributed by atoms with Crippen molar-refractivity contribution in [2.24, 2.45) is 5.92 Å². The minimum atomic E-state index is 0.281. The number of aryl methyl sites for hydroxylation is 1. The van der Waals surface area contributed by atoms with Crippen LogP contribution in [0.4, 0.5) is 5.95 Å². The summed E-state index contributed by atoms with van der Waals surface area (Å²) >= 11 is 0. The molecule has 5 nitrogen and oxygen atoms in total. The fourth-order valence-corrected chi connectivity index (χ4v) is 2.06. The van der Waals surface area contributed by atoms with Gasteiger partial charge in [0, 0.05) is 18.3 Å². The first-order valence-electron chi connectivity index (χ1n) is 6.57. The molecule has 0 radical (unpaired) electrons. The fourth-order valence-electron chi connectivity index (χ4n) is 2.06. The van der Waals surface area contributed by atoms with Crippen molar-refractivity contribution in [2.75, 3.05) is 26.0 Å². The molecule has 1 rings (SSSR count). The molecule has 0 aliphatic carbocycles. The van der Waals surface area contributed by atoms with Crippen LogP contribution >= 0.6 is 0 Å². The maximum atomic E-state index is 8.94. The summed E-state index contributed by atoms with van der Waals surface area (Å²) in [6.45, 7) is 7.18. The maximum Gasteiger partial charge on any atom is 0.224 e. The van der Waals surface area contributed by atoms with Crippen LogP contribution in [-0.2, 0) is 0 Å². The number of nitrogens with zero attached hydrogens (tertiary/aromatic N) is 4. The molecule has 0 bridgehead atoms. The van der Waals surface area contributed by atoms with Crippen molar-refractivity contribution in [1.82, 2.24) is 14.9 Å². The second-order valence-corrected chi connectivity index (χ2v) is 5.56. The molecule has 1 aromatic heterocycles. The SMILES string of the molecule is Cc1cc(C#N)nc(NC(CC(C)C)CN(C)C)n1. The average molecular weight is 261 g/mol. The molecule has 1 atom stereocenters. The second kappa shape index (κ2) is 7.05. The van der Waals surface area contributed by atoms with E-state index in [1.807, 2.05) is 21.0 Å². The summed E-state index contributed by atoms with van der Waals surface area (Å²) in [7, 11) is 4.10. The summed E-state index contributed by atoms with van der Waals surface area (Å²) in [5.41, 5.74) is 1.21. The summed E-state index contributed by atoms with van der Waals surface area (Å²) in [5, 5.41) is 12.3. The molecular formula is C14H23N5. The van der Waals surface area contributed by atoms with Crippen LogP contribution < -0.4 is 5.32 Å². The Hall–Kier alpha value is -1.67. The highest BCUT2D eigenvalue weighted by molar-refractivity contribution is 5.33. The summed E-state index contributed by atoms with van der Waals surface area (Å²) in [6.07, 6.45) is 1.04. The summed E-state index contributed by atoms with van der Waals surface area (Å²) in [5.74, 6) is 1.14. The predicted molar refractivity (Wildman–Crippen MR) is 76.9 cm³/mol. The van der Waals surface area contributed by atoms with Crippen LogP contribution in [0.15, 0.2) is 6.07 Å². The Bertz CT molecular complexity index is 438. The van der Waals surface area contributed by atoms with Crippen LogP contribution in [-0.4, -0.2) is 41.5 Å². The minimum Gasteiger partial charge on any atom is -0.350 e. The molecule has 0 aromatic carbocycles. The van der Waals surface area contributed by atoms with Crippen LogP contribution in [0.1, 0.15) is 31.7 Å². The van der Waals surface area contributed by atoms with Crippen LogP contribution in [0.2, 0.25) is 0 Å². The van der Waals surface area contributed by atoms with Gasteiger partial charge in [-0.25, -0.2) is 9.97 Å². The smallest absolute Gasteiger partial charge is 0.224 e. The molecule has 0 fully saturated rings. The van der Waals surface area contributed by atoms with Crippen molar-refractivity contribution in [1.29, 1.82) is 5.26 Å². The number of anilines is 1. The lowest BCUT2D eigenvalue weighted by molar-refractivity contribution is 0.355. The van der Waals surface area contributed by atoms with Gasteiger partial charge in [0.15, 0.2) is 0 Å². The number of hydrogen-bond acceptors (Lipinski definition) is 5. The molecule has 0 aliphatic heterocycles. The predicted octanol–water partition coefficient (Wildman–Crippen LogP) is 2.04. The van der Waals surface area contributed by atoms with Crippen molar-refractivity contribution in [3.8, 4) is 6.07 Å². The second-order valence-electron chi connectivity index (χ2n) is 5.56. The highest BCUT2D eigenvalue weighted by atomic mass is 15.2. The monoisotopic (exact) mass is 261 g/mol. The van der Waals surface area contributed by atoms with E-state index < -0.39 is 0 Å². The fraction of sp³-hybridized carbons (Fsp3) is 0.643. The lowest BCUT2D eigenvalue weighted by Crippen LogP contribution is -2.34. The number of likely N-dealkylation sites (N-methyl/N-ethyl adjacent to an activating group) is 1. The van der Waals surface area contributed by atoms with Crippen molar-refractivity contribution < 1.29 is 0 Å². The van der Waals surface area contributed by atoms with E-state index in [0.29, 0.717) is 17.6 Å². The number of hydrogen-bond donors (Lipinski definition) is 1. The van der Waals surface area contributed by atoms with Gasteiger partial charge in [-0.15, -0.1) is 0 Å². The highest BCUT2D eigenvalue weighted by Gasteiger charge is 2.14. The van der Waals surface area contributed by atoms with Gasteiger partial charge in [-0.2, -0.15) is 5.26 Å². The molecule has 19 heavy (non-hydrogen) atoms. The lowest BCUT2D eigenvalue weighted by Gasteiger charge is -2.24. The average Bonchev–Trinajstić information content (AvgIpc) is 2.26. The number of nitriles is 1. The van der Waals surface area contributed by atoms with E-state index in [4.69, 9.17) is 5.26 Å². The van der Waals surface area contributed by atoms with E-state index >= 15 is 0 Å². The van der Waals surface area contributed by atoms with Gasteiger partial charge < -0.3 is 10.2 Å². The molecule has 0 saturated carbocycles. The van der Waals surface area contributed by atoms with Gasteiger partial charge in [0.05, 0.1) is 0 Å². The molecule has 1 aromatic rings. The van der Waals surface area contributed by atoms with Crippen molar-refractivity contribution >= 4 is 5.95 Å². The Labute approximate surface area is 115 Å². The van der Waals surface area contributed by atoms with Crippen molar-refractivity contribution in [3.05, 3.63) is 17.5 Å². The normalized spacial score (nSPS) is 12.5. The van der Waals surface area contributed by atoms with E-state index in [9.17, 15) is 0 Å². The van der Waals surface area contributed by atoms with E-state index in [0.717, 1.165) is 18.7 Å². The minimum absolute atomic E-state index is 0.281. The standard InChI is InChI=1S/C14H23N5/c1-10(2)6-13(9-19(4)5)18-14-16-11(3)7-12(8-15)17-14/h7,10,13H,6,9H2,1-5H3,(H,16,17,18). The third-order valence-corrected chi connectivity index (χ3v) is 2.64. The lowest BCUT2D eigenvalue weighted by atomic mass is 10.0. The van der Waals surface area contributed by atoms with Crippen molar-refractivity contribution in [2.45, 2.75) is 33.2 Å². The van der Waals surface area contributed by atoms with Crippen LogP contribution in [0, 0.1) is 24.2 Å². The summed E-state index contributed by atoms with van der Waals surface area (Å²) in [4.78, 5) is 10.7. The molecule has 1 heterocycles. The topological polar surface area (TPSA) is 64.8 Å². The van der Waals surface area contributed by atoms with Crippen LogP contribution in [0.25, 0.3) is 0 Å². The van der Waals surface area contributed by atoms with Crippen LogP contribution in [0.5, 0.6) is 0 Å². The molecule has 5 heteroatoms. The Kier molecular flexibility index (Phi) is 5.71. The first kappa shape index (κ1) is 15.4. The number of nitrogens with one attached hydrogen (secondary N) is 1. The van der Waals surface area contributed by atoms with Gasteiger partial charge in [-0.1, -0.05) is 13.8 Å². The van der Waals surface area contributed by atoms with E-state index in [1.54, 1.807) is 6.07 Å². The third kappa shape index (κ3) is 5.66. The zero-order valence-corrected chi connectivity index (χ0v) is 12.4. The van der Waals surface area contributed by atoms with Gasteiger partial charge in [-0.3, -0.25) is 0 Å². The van der Waals surface area contributed by atoms with Gasteiger partial charge >= 0.3 is 0 Å². The van der Waals surface area contributed by atoms with Crippen LogP contribution in [0.3, 0.4) is 0 Å². The van der Waals surface area contributed by atoms with E-state index in [2.05, 4.69) is 40.1 Å². The Morgan fingerprint density at radius 2 is 2.05 bits per heavy atom. The molecule has 0 aliphatic rings. The number of rotatable bonds is 6. The quantitative estimate of drug-likeness (QED) is 0.849. The molecule has 0 saturated heterocycles. The maximum absolute atomic E-state index is 8.94.